The van der Waals surface area contributed by atoms with E-state index in [1.54, 1.807) is 12.3 Å². The second-order valence-electron chi connectivity index (χ2n) is 3.41. The number of sulfonamides is 1. The molecule has 0 saturated carbocycles. The van der Waals surface area contributed by atoms with E-state index in [0.717, 1.165) is 11.3 Å². The van der Waals surface area contributed by atoms with Gasteiger partial charge in [-0.1, -0.05) is 0 Å². The summed E-state index contributed by atoms with van der Waals surface area (Å²) in [6.07, 6.45) is 1.32. The molecule has 0 aliphatic rings. The van der Waals surface area contributed by atoms with Crippen LogP contribution in [0.5, 0.6) is 0 Å². The minimum absolute atomic E-state index is 0.182. The van der Waals surface area contributed by atoms with Gasteiger partial charge in [0.05, 0.1) is 6.04 Å². The number of anilines is 1. The van der Waals surface area contributed by atoms with E-state index in [1.165, 1.54) is 12.4 Å². The van der Waals surface area contributed by atoms with Crippen molar-refractivity contribution in [3.63, 3.8) is 0 Å². The van der Waals surface area contributed by atoms with E-state index in [-0.39, 0.29) is 4.21 Å². The minimum Gasteiger partial charge on any atom is -0.398 e. The van der Waals surface area contributed by atoms with Crippen LogP contribution in [-0.4, -0.2) is 23.6 Å². The molecule has 0 spiro atoms. The number of aromatic amines is 1. The van der Waals surface area contributed by atoms with Crippen LogP contribution >= 0.6 is 11.3 Å². The Morgan fingerprint density at radius 1 is 1.59 bits per heavy atom. The number of nitrogens with zero attached hydrogens (tertiary/aromatic N) is 2. The van der Waals surface area contributed by atoms with Gasteiger partial charge >= 0.3 is 0 Å². The standard InChI is InChI=1S/C8H11N5O2S2/c1-5(8-10-4-11-12-8)13-17(14,15)7-2-6(9)3-16-7/h2-5,13H,9H2,1H3,(H,10,11,12). The average Bonchev–Trinajstić information content (AvgIpc) is 2.86. The van der Waals surface area contributed by atoms with Crippen molar-refractivity contribution < 1.29 is 8.42 Å². The number of nitrogen functional groups attached to an aromatic ring is 1. The molecular formula is C8H11N5O2S2. The Kier molecular flexibility index (Phi) is 3.13. The summed E-state index contributed by atoms with van der Waals surface area (Å²) in [5, 5.41) is 7.85. The Balaban J connectivity index is 2.18. The number of hydrogen-bond donors (Lipinski definition) is 3. The summed E-state index contributed by atoms with van der Waals surface area (Å²) in [5.74, 6) is 0.457. The van der Waals surface area contributed by atoms with Crippen molar-refractivity contribution >= 4 is 27.0 Å². The predicted molar refractivity (Wildman–Crippen MR) is 63.9 cm³/mol. The van der Waals surface area contributed by atoms with Crippen molar-refractivity contribution in [2.45, 2.75) is 17.2 Å². The summed E-state index contributed by atoms with van der Waals surface area (Å²) >= 11 is 1.07. The molecule has 2 rings (SSSR count). The smallest absolute Gasteiger partial charge is 0.250 e. The molecule has 0 fully saturated rings. The van der Waals surface area contributed by atoms with E-state index in [0.29, 0.717) is 11.5 Å². The molecule has 1 unspecified atom stereocenters. The number of nitrogens with one attached hydrogen (secondary N) is 2. The maximum absolute atomic E-state index is 11.9. The molecule has 4 N–H and O–H groups in total. The predicted octanol–water partition coefficient (Wildman–Crippen LogP) is 0.488. The van der Waals surface area contributed by atoms with Crippen LogP contribution in [0.3, 0.4) is 0 Å². The Morgan fingerprint density at radius 3 is 2.88 bits per heavy atom. The van der Waals surface area contributed by atoms with Gasteiger partial charge < -0.3 is 5.73 Å². The van der Waals surface area contributed by atoms with E-state index in [2.05, 4.69) is 19.9 Å². The molecule has 92 valence electrons. The third kappa shape index (κ3) is 2.62. The van der Waals surface area contributed by atoms with Gasteiger partial charge in [-0.2, -0.15) is 5.10 Å². The molecule has 2 aromatic heterocycles. The topological polar surface area (TPSA) is 114 Å². The molecule has 0 aliphatic heterocycles. The molecule has 0 aromatic carbocycles. The Bertz CT molecular complexity index is 589. The first-order chi connectivity index (χ1) is 7.99. The van der Waals surface area contributed by atoms with Gasteiger partial charge in [-0.25, -0.2) is 18.1 Å². The van der Waals surface area contributed by atoms with Crippen molar-refractivity contribution in [1.82, 2.24) is 19.9 Å². The van der Waals surface area contributed by atoms with Gasteiger partial charge in [0, 0.05) is 11.1 Å². The summed E-state index contributed by atoms with van der Waals surface area (Å²) in [5.41, 5.74) is 5.92. The van der Waals surface area contributed by atoms with Gasteiger partial charge in [-0.3, -0.25) is 5.10 Å². The number of H-pyrrole nitrogens is 1. The fourth-order valence-electron chi connectivity index (χ4n) is 1.24. The quantitative estimate of drug-likeness (QED) is 0.750. The maximum Gasteiger partial charge on any atom is 0.250 e. The molecule has 7 nitrogen and oxygen atoms in total. The normalized spacial score (nSPS) is 13.7. The van der Waals surface area contributed by atoms with Crippen LogP contribution in [0.2, 0.25) is 0 Å². The number of thiophene rings is 1. The Morgan fingerprint density at radius 2 is 2.35 bits per heavy atom. The van der Waals surface area contributed by atoms with Crippen molar-refractivity contribution in [1.29, 1.82) is 0 Å². The highest BCUT2D eigenvalue weighted by molar-refractivity contribution is 7.91. The van der Waals surface area contributed by atoms with Crippen LogP contribution in [0.15, 0.2) is 22.0 Å². The SMILES string of the molecule is CC(NS(=O)(=O)c1cc(N)cs1)c1ncn[nH]1. The summed E-state index contributed by atoms with van der Waals surface area (Å²) in [7, 11) is -3.56. The summed E-state index contributed by atoms with van der Waals surface area (Å²) in [4.78, 5) is 3.88. The van der Waals surface area contributed by atoms with E-state index in [9.17, 15) is 8.42 Å². The lowest BCUT2D eigenvalue weighted by Crippen LogP contribution is -2.27. The molecule has 1 atom stereocenters. The van der Waals surface area contributed by atoms with Gasteiger partial charge in [-0.15, -0.1) is 11.3 Å². The second-order valence-corrected chi connectivity index (χ2v) is 6.26. The molecular weight excluding hydrogens is 262 g/mol. The molecule has 0 bridgehead atoms. The van der Waals surface area contributed by atoms with Crippen LogP contribution in [0, 0.1) is 0 Å². The third-order valence-corrected chi connectivity index (χ3v) is 5.03. The molecule has 0 radical (unpaired) electrons. The molecule has 2 aromatic rings. The lowest BCUT2D eigenvalue weighted by atomic mass is 10.3. The largest absolute Gasteiger partial charge is 0.398 e. The zero-order chi connectivity index (χ0) is 12.5. The maximum atomic E-state index is 11.9. The van der Waals surface area contributed by atoms with Crippen LogP contribution in [-0.2, 0) is 10.0 Å². The fraction of sp³-hybridized carbons (Fsp3) is 0.250. The molecule has 0 amide bonds. The Labute approximate surface area is 102 Å². The Hall–Kier alpha value is -1.45. The van der Waals surface area contributed by atoms with Gasteiger partial charge in [0.15, 0.2) is 0 Å². The first-order valence-corrected chi connectivity index (χ1v) is 7.07. The van der Waals surface area contributed by atoms with E-state index < -0.39 is 16.1 Å². The monoisotopic (exact) mass is 273 g/mol. The molecule has 9 heteroatoms. The third-order valence-electron chi connectivity index (χ3n) is 2.04. The molecule has 17 heavy (non-hydrogen) atoms. The lowest BCUT2D eigenvalue weighted by Gasteiger charge is -2.09. The van der Waals surface area contributed by atoms with Crippen LogP contribution in [0.4, 0.5) is 5.69 Å². The highest BCUT2D eigenvalue weighted by atomic mass is 32.2. The van der Waals surface area contributed by atoms with Crippen LogP contribution in [0.1, 0.15) is 18.8 Å². The second kappa shape index (κ2) is 4.43. The summed E-state index contributed by atoms with van der Waals surface area (Å²) < 4.78 is 26.5. The van der Waals surface area contributed by atoms with Crippen molar-refractivity contribution in [2.24, 2.45) is 0 Å². The van der Waals surface area contributed by atoms with Crippen LogP contribution in [0.25, 0.3) is 0 Å². The molecule has 2 heterocycles. The first-order valence-electron chi connectivity index (χ1n) is 4.70. The van der Waals surface area contributed by atoms with Gasteiger partial charge in [0.2, 0.25) is 0 Å². The van der Waals surface area contributed by atoms with Crippen molar-refractivity contribution in [3.8, 4) is 0 Å². The van der Waals surface area contributed by atoms with E-state index in [1.807, 2.05) is 0 Å². The zero-order valence-electron chi connectivity index (χ0n) is 8.91. The first kappa shape index (κ1) is 12.0. The average molecular weight is 273 g/mol. The highest BCUT2D eigenvalue weighted by Gasteiger charge is 2.21. The van der Waals surface area contributed by atoms with Gasteiger partial charge in [-0.05, 0) is 13.0 Å². The fourth-order valence-corrected chi connectivity index (χ4v) is 3.55. The van der Waals surface area contributed by atoms with Crippen molar-refractivity contribution in [2.75, 3.05) is 5.73 Å². The molecule has 0 aliphatic carbocycles. The van der Waals surface area contributed by atoms with Crippen molar-refractivity contribution in [3.05, 3.63) is 23.6 Å². The minimum atomic E-state index is -3.56. The van der Waals surface area contributed by atoms with Gasteiger partial charge in [0.25, 0.3) is 10.0 Å². The zero-order valence-corrected chi connectivity index (χ0v) is 10.5. The summed E-state index contributed by atoms with van der Waals surface area (Å²) in [6, 6.07) is 0.936. The van der Waals surface area contributed by atoms with Gasteiger partial charge in [0.1, 0.15) is 16.4 Å². The number of aromatic nitrogens is 3. The molecule has 0 saturated heterocycles. The van der Waals surface area contributed by atoms with E-state index >= 15 is 0 Å². The van der Waals surface area contributed by atoms with Crippen LogP contribution < -0.4 is 10.5 Å². The summed E-state index contributed by atoms with van der Waals surface area (Å²) in [6.45, 7) is 1.68. The number of rotatable bonds is 4. The lowest BCUT2D eigenvalue weighted by molar-refractivity contribution is 0.562. The number of hydrogen-bond acceptors (Lipinski definition) is 6. The van der Waals surface area contributed by atoms with E-state index in [4.69, 9.17) is 5.73 Å². The highest BCUT2D eigenvalue weighted by Crippen LogP contribution is 2.22. The number of nitrogens with two attached hydrogens (primary N) is 1.